The second-order valence-corrected chi connectivity index (χ2v) is 5.76. The van der Waals surface area contributed by atoms with Gasteiger partial charge in [0.25, 0.3) is 0 Å². The van der Waals surface area contributed by atoms with Crippen molar-refractivity contribution in [1.82, 2.24) is 0 Å². The summed E-state index contributed by atoms with van der Waals surface area (Å²) in [7, 11) is 1.42. The Labute approximate surface area is 127 Å². The molecule has 1 fully saturated rings. The highest BCUT2D eigenvalue weighted by Gasteiger charge is 2.26. The van der Waals surface area contributed by atoms with Gasteiger partial charge in [0.1, 0.15) is 0 Å². The van der Waals surface area contributed by atoms with E-state index in [-0.39, 0.29) is 12.0 Å². The van der Waals surface area contributed by atoms with Crippen LogP contribution in [0.25, 0.3) is 0 Å². The van der Waals surface area contributed by atoms with Crippen LogP contribution >= 0.6 is 15.9 Å². The van der Waals surface area contributed by atoms with Gasteiger partial charge in [-0.15, -0.1) is 0 Å². The van der Waals surface area contributed by atoms with Crippen molar-refractivity contribution in [3.05, 3.63) is 28.2 Å². The fourth-order valence-electron chi connectivity index (χ4n) is 2.62. The Morgan fingerprint density at radius 1 is 1.55 bits per heavy atom. The summed E-state index contributed by atoms with van der Waals surface area (Å²) in [6.45, 7) is 0.923. The highest BCUT2D eigenvalue weighted by Crippen LogP contribution is 2.33. The van der Waals surface area contributed by atoms with E-state index in [1.54, 1.807) is 0 Å². The summed E-state index contributed by atoms with van der Waals surface area (Å²) in [5.41, 5.74) is 1.67. The maximum Gasteiger partial charge on any atom is 0.307 e. The van der Waals surface area contributed by atoms with Crippen molar-refractivity contribution in [2.24, 2.45) is 0 Å². The van der Waals surface area contributed by atoms with Crippen LogP contribution in [0.15, 0.2) is 22.7 Å². The number of carbonyl (C=O) groups is 1. The molecule has 5 heteroatoms. The van der Waals surface area contributed by atoms with Crippen molar-refractivity contribution in [2.75, 3.05) is 18.6 Å². The SMILES string of the molecule is COC(=O)CC1CCCCN1c1ccc(C#N)cc1Br. The molecule has 106 valence electrons. The average Bonchev–Trinajstić information content (AvgIpc) is 2.48. The van der Waals surface area contributed by atoms with E-state index in [1.807, 2.05) is 18.2 Å². The third-order valence-corrected chi connectivity index (χ3v) is 4.28. The third kappa shape index (κ3) is 3.31. The number of nitrogens with zero attached hydrogens (tertiary/aromatic N) is 2. The Kier molecular flexibility index (Phi) is 5.02. The number of nitriles is 1. The zero-order valence-electron chi connectivity index (χ0n) is 11.4. The van der Waals surface area contributed by atoms with E-state index in [0.717, 1.165) is 36.0 Å². The van der Waals surface area contributed by atoms with Gasteiger partial charge >= 0.3 is 5.97 Å². The van der Waals surface area contributed by atoms with Gasteiger partial charge < -0.3 is 9.64 Å². The lowest BCUT2D eigenvalue weighted by atomic mass is 9.98. The third-order valence-electron chi connectivity index (χ3n) is 3.64. The first kappa shape index (κ1) is 14.9. The van der Waals surface area contributed by atoms with Gasteiger partial charge in [0.2, 0.25) is 0 Å². The maximum atomic E-state index is 11.5. The van der Waals surface area contributed by atoms with Gasteiger partial charge in [0, 0.05) is 17.1 Å². The Bertz CT molecular complexity index is 539. The molecule has 0 spiro atoms. The first-order valence-electron chi connectivity index (χ1n) is 6.69. The van der Waals surface area contributed by atoms with Gasteiger partial charge in [-0.2, -0.15) is 5.26 Å². The number of carbonyl (C=O) groups excluding carboxylic acids is 1. The van der Waals surface area contributed by atoms with Crippen molar-refractivity contribution in [1.29, 1.82) is 5.26 Å². The summed E-state index contributed by atoms with van der Waals surface area (Å²) >= 11 is 3.53. The van der Waals surface area contributed by atoms with E-state index in [0.29, 0.717) is 12.0 Å². The number of hydrogen-bond acceptors (Lipinski definition) is 4. The number of rotatable bonds is 3. The monoisotopic (exact) mass is 336 g/mol. The highest BCUT2D eigenvalue weighted by molar-refractivity contribution is 9.10. The predicted octanol–water partition coefficient (Wildman–Crippen LogP) is 3.24. The molecule has 1 heterocycles. The first-order chi connectivity index (χ1) is 9.65. The Morgan fingerprint density at radius 3 is 3.00 bits per heavy atom. The standard InChI is InChI=1S/C15H17BrN2O2/c1-20-15(19)9-12-4-2-3-7-18(12)14-6-5-11(10-17)8-13(14)16/h5-6,8,12H,2-4,7,9H2,1H3. The molecule has 0 N–H and O–H groups in total. The highest BCUT2D eigenvalue weighted by atomic mass is 79.9. The van der Waals surface area contributed by atoms with Crippen molar-refractivity contribution >= 4 is 27.6 Å². The predicted molar refractivity (Wildman–Crippen MR) is 80.5 cm³/mol. The number of anilines is 1. The number of benzene rings is 1. The zero-order valence-corrected chi connectivity index (χ0v) is 13.0. The van der Waals surface area contributed by atoms with Gasteiger partial charge in [-0.3, -0.25) is 4.79 Å². The molecule has 1 aromatic rings. The van der Waals surface area contributed by atoms with Gasteiger partial charge in [-0.05, 0) is 53.4 Å². The summed E-state index contributed by atoms with van der Waals surface area (Å²) in [5.74, 6) is -0.174. The van der Waals surface area contributed by atoms with Crippen molar-refractivity contribution < 1.29 is 9.53 Å². The molecule has 0 radical (unpaired) electrons. The van der Waals surface area contributed by atoms with E-state index in [1.165, 1.54) is 7.11 Å². The van der Waals surface area contributed by atoms with Gasteiger partial charge in [0.15, 0.2) is 0 Å². The van der Waals surface area contributed by atoms with E-state index >= 15 is 0 Å². The lowest BCUT2D eigenvalue weighted by molar-refractivity contribution is -0.141. The number of piperidine rings is 1. The maximum absolute atomic E-state index is 11.5. The zero-order chi connectivity index (χ0) is 14.5. The molecule has 1 aromatic carbocycles. The molecule has 0 saturated carbocycles. The molecule has 0 amide bonds. The van der Waals surface area contributed by atoms with Crippen LogP contribution in [0, 0.1) is 11.3 Å². The molecule has 0 bridgehead atoms. The van der Waals surface area contributed by atoms with Crippen LogP contribution < -0.4 is 4.90 Å². The molecule has 4 nitrogen and oxygen atoms in total. The molecule has 20 heavy (non-hydrogen) atoms. The molecular weight excluding hydrogens is 320 g/mol. The van der Waals surface area contributed by atoms with Crippen LogP contribution in [0.5, 0.6) is 0 Å². The number of esters is 1. The molecule has 1 saturated heterocycles. The van der Waals surface area contributed by atoms with Crippen molar-refractivity contribution in [3.8, 4) is 6.07 Å². The Balaban J connectivity index is 2.23. The smallest absolute Gasteiger partial charge is 0.307 e. The lowest BCUT2D eigenvalue weighted by Crippen LogP contribution is -2.41. The Morgan fingerprint density at radius 2 is 2.35 bits per heavy atom. The summed E-state index contributed by atoms with van der Waals surface area (Å²) in [5, 5.41) is 8.92. The largest absolute Gasteiger partial charge is 0.469 e. The number of ether oxygens (including phenoxy) is 1. The molecule has 1 atom stereocenters. The second-order valence-electron chi connectivity index (χ2n) is 4.90. The van der Waals surface area contributed by atoms with E-state index in [4.69, 9.17) is 10.00 Å². The average molecular weight is 337 g/mol. The quantitative estimate of drug-likeness (QED) is 0.795. The fourth-order valence-corrected chi connectivity index (χ4v) is 3.22. The van der Waals surface area contributed by atoms with Gasteiger partial charge in [-0.25, -0.2) is 0 Å². The fraction of sp³-hybridized carbons (Fsp3) is 0.467. The summed E-state index contributed by atoms with van der Waals surface area (Å²) in [6.07, 6.45) is 3.64. The minimum Gasteiger partial charge on any atom is -0.469 e. The van der Waals surface area contributed by atoms with Crippen LogP contribution in [0.2, 0.25) is 0 Å². The van der Waals surface area contributed by atoms with Crippen molar-refractivity contribution in [3.63, 3.8) is 0 Å². The van der Waals surface area contributed by atoms with Crippen molar-refractivity contribution in [2.45, 2.75) is 31.7 Å². The number of hydrogen-bond donors (Lipinski definition) is 0. The molecule has 0 aromatic heterocycles. The number of methoxy groups -OCH3 is 1. The minimum absolute atomic E-state index is 0.167. The summed E-state index contributed by atoms with van der Waals surface area (Å²) in [4.78, 5) is 13.8. The Hall–Kier alpha value is -1.54. The van der Waals surface area contributed by atoms with Crippen LogP contribution in [-0.2, 0) is 9.53 Å². The molecule has 1 unspecified atom stereocenters. The second kappa shape index (κ2) is 6.76. The molecule has 1 aliphatic rings. The van der Waals surface area contributed by atoms with Crippen LogP contribution in [0.3, 0.4) is 0 Å². The summed E-state index contributed by atoms with van der Waals surface area (Å²) in [6, 6.07) is 7.87. The summed E-state index contributed by atoms with van der Waals surface area (Å²) < 4.78 is 5.68. The lowest BCUT2D eigenvalue weighted by Gasteiger charge is -2.37. The molecule has 0 aliphatic carbocycles. The molecular formula is C15H17BrN2O2. The van der Waals surface area contributed by atoms with Crippen LogP contribution in [0.1, 0.15) is 31.2 Å². The van der Waals surface area contributed by atoms with Crippen LogP contribution in [-0.4, -0.2) is 25.7 Å². The van der Waals surface area contributed by atoms with E-state index < -0.39 is 0 Å². The van der Waals surface area contributed by atoms with Crippen LogP contribution in [0.4, 0.5) is 5.69 Å². The normalized spacial score (nSPS) is 18.4. The van der Waals surface area contributed by atoms with E-state index in [9.17, 15) is 4.79 Å². The van der Waals surface area contributed by atoms with E-state index in [2.05, 4.69) is 26.9 Å². The topological polar surface area (TPSA) is 53.3 Å². The van der Waals surface area contributed by atoms with Gasteiger partial charge in [0.05, 0.1) is 30.9 Å². The number of halogens is 1. The molecule has 2 rings (SSSR count). The van der Waals surface area contributed by atoms with Gasteiger partial charge in [-0.1, -0.05) is 0 Å². The first-order valence-corrected chi connectivity index (χ1v) is 7.48. The molecule has 1 aliphatic heterocycles. The minimum atomic E-state index is -0.174.